The van der Waals surface area contributed by atoms with E-state index in [4.69, 9.17) is 72.6 Å². The molecule has 0 aliphatic carbocycles. The van der Waals surface area contributed by atoms with E-state index in [1.165, 1.54) is 32.2 Å². The van der Waals surface area contributed by atoms with E-state index in [-0.39, 0.29) is 71.0 Å². The van der Waals surface area contributed by atoms with Crippen LogP contribution in [0.1, 0.15) is 40.1 Å². The third-order valence-electron chi connectivity index (χ3n) is 6.80. The summed E-state index contributed by atoms with van der Waals surface area (Å²) in [5.74, 6) is -1.40. The number of nitrogens with one attached hydrogen (secondary N) is 1. The summed E-state index contributed by atoms with van der Waals surface area (Å²) in [4.78, 5) is 37.6. The van der Waals surface area contributed by atoms with E-state index >= 15 is 0 Å². The molecule has 4 rings (SSSR count). The number of methoxy groups -OCH3 is 2. The summed E-state index contributed by atoms with van der Waals surface area (Å²) >= 11 is 30.5. The Morgan fingerprint density at radius 1 is 1.06 bits per heavy atom. The van der Waals surface area contributed by atoms with Crippen LogP contribution in [0.2, 0.25) is 20.1 Å². The minimum absolute atomic E-state index is 0.0111. The van der Waals surface area contributed by atoms with Crippen LogP contribution >= 0.6 is 69.3 Å². The number of hydrogen-bond acceptors (Lipinski definition) is 9. The number of carboxylic acids is 1. The third-order valence-corrected chi connectivity index (χ3v) is 9.87. The zero-order chi connectivity index (χ0) is 40.5. The normalized spacial score (nSPS) is 11.6. The number of halogens is 7. The fraction of sp³-hybridized carbons (Fsp3) is 0.355. The molecule has 1 unspecified atom stereocenters. The van der Waals surface area contributed by atoms with Crippen molar-refractivity contribution in [3.8, 4) is 11.4 Å². The second kappa shape index (κ2) is 20.0. The summed E-state index contributed by atoms with van der Waals surface area (Å²) in [6.45, 7) is 4.63. The van der Waals surface area contributed by atoms with Crippen LogP contribution in [-0.2, 0) is 19.6 Å². The van der Waals surface area contributed by atoms with Gasteiger partial charge in [-0.2, -0.15) is 13.5 Å². The van der Waals surface area contributed by atoms with Gasteiger partial charge < -0.3 is 19.5 Å². The fourth-order valence-corrected chi connectivity index (χ4v) is 7.23. The number of carbonyl (C=O) groups excluding carboxylic acids is 1. The minimum atomic E-state index is -3.65. The maximum atomic E-state index is 12.8. The smallest absolute Gasteiger partial charge is 0.355 e. The molecule has 1 atom stereocenters. The van der Waals surface area contributed by atoms with Gasteiger partial charge >= 0.3 is 18.2 Å². The van der Waals surface area contributed by atoms with Crippen molar-refractivity contribution in [3.05, 3.63) is 82.0 Å². The number of aromatic nitrogens is 3. The molecule has 2 aromatic heterocycles. The number of benzene rings is 2. The Kier molecular flexibility index (Phi) is 17.3. The topological polar surface area (TPSA) is 162 Å². The second-order valence-corrected chi connectivity index (χ2v) is 15.5. The van der Waals surface area contributed by atoms with Gasteiger partial charge in [0.1, 0.15) is 17.3 Å². The number of rotatable bonds is 11. The van der Waals surface area contributed by atoms with Crippen molar-refractivity contribution in [1.82, 2.24) is 14.3 Å². The Morgan fingerprint density at radius 2 is 1.66 bits per heavy atom. The van der Waals surface area contributed by atoms with E-state index in [0.29, 0.717) is 11.3 Å². The molecule has 0 aliphatic heterocycles. The molecule has 0 aliphatic rings. The number of ether oxygens (including phenoxy) is 2. The van der Waals surface area contributed by atoms with Gasteiger partial charge in [0, 0.05) is 12.0 Å². The lowest BCUT2D eigenvalue weighted by atomic mass is 10.2. The van der Waals surface area contributed by atoms with Crippen molar-refractivity contribution < 1.29 is 41.4 Å². The first-order valence-electron chi connectivity index (χ1n) is 14.7. The van der Waals surface area contributed by atoms with Gasteiger partial charge in [0.15, 0.2) is 5.75 Å². The largest absolute Gasteiger partial charge is 0.494 e. The lowest BCUT2D eigenvalue weighted by Crippen LogP contribution is -2.42. The first-order chi connectivity index (χ1) is 24.6. The molecule has 0 spiro atoms. The number of aromatic carboxylic acids is 1. The van der Waals surface area contributed by atoms with Crippen LogP contribution in [0, 0.1) is 20.8 Å². The highest BCUT2D eigenvalue weighted by molar-refractivity contribution is 7.92. The molecule has 4 aromatic rings. The number of hydrogen-bond donors (Lipinski definition) is 2. The first-order valence-corrected chi connectivity index (χ1v) is 19.5. The Labute approximate surface area is 332 Å². The van der Waals surface area contributed by atoms with E-state index in [0.717, 1.165) is 28.5 Å². The molecule has 2 heterocycles. The van der Waals surface area contributed by atoms with Gasteiger partial charge in [-0.05, 0) is 62.9 Å². The molecule has 0 bridgehead atoms. The summed E-state index contributed by atoms with van der Waals surface area (Å²) in [5.41, 5.74) is 0.697. The van der Waals surface area contributed by atoms with Crippen LogP contribution in [0.25, 0.3) is 5.69 Å². The van der Waals surface area contributed by atoms with Crippen molar-refractivity contribution in [1.29, 1.82) is 0 Å². The molecule has 292 valence electrons. The van der Waals surface area contributed by atoms with Crippen LogP contribution < -0.4 is 20.0 Å². The Hall–Kier alpha value is -3.16. The van der Waals surface area contributed by atoms with E-state index in [1.807, 2.05) is 20.8 Å². The van der Waals surface area contributed by atoms with Crippen LogP contribution in [-0.4, -0.2) is 78.8 Å². The van der Waals surface area contributed by atoms with Gasteiger partial charge in [-0.15, -0.1) is 28.0 Å². The number of anilines is 2. The molecule has 53 heavy (non-hydrogen) atoms. The highest BCUT2D eigenvalue weighted by Gasteiger charge is 2.25. The van der Waals surface area contributed by atoms with Gasteiger partial charge in [0.2, 0.25) is 15.9 Å². The molecular formula is C31H34Cl5F2N5O8S2. The zero-order valence-electron chi connectivity index (χ0n) is 29.0. The molecular weight excluding hydrogens is 850 g/mol. The molecule has 2 N–H and O–H groups in total. The zero-order valence-corrected chi connectivity index (χ0v) is 34.4. The Bertz CT molecular complexity index is 2090. The van der Waals surface area contributed by atoms with Crippen molar-refractivity contribution in [2.24, 2.45) is 0 Å². The molecule has 0 radical (unpaired) electrons. The lowest BCUT2D eigenvalue weighted by molar-refractivity contribution is -0.116. The number of nitrogens with zero attached hydrogens (tertiary/aromatic N) is 4. The summed E-state index contributed by atoms with van der Waals surface area (Å²) in [5, 5.41) is 14.8. The highest BCUT2D eigenvalue weighted by Crippen LogP contribution is 2.34. The molecule has 1 amide bonds. The Morgan fingerprint density at radius 3 is 2.09 bits per heavy atom. The van der Waals surface area contributed by atoms with Crippen LogP contribution in [0.5, 0.6) is 5.75 Å². The molecule has 0 saturated carbocycles. The average molecular weight is 884 g/mol. The van der Waals surface area contributed by atoms with E-state index in [1.54, 1.807) is 23.3 Å². The van der Waals surface area contributed by atoms with Gasteiger partial charge in [-0.1, -0.05) is 46.4 Å². The standard InChI is InChI=1S/C12H18ClNO2S.C11H10Cl2F2N4O3S.C8H6Cl2O3/c1-8-7-17-10(3)12(8)14(11(15)5-13)9(2)6-16-4;1-5-16-19(11(20)18(5)10(14)15)9-4-8(17-23(2,21)22)6(12)3-7(9)13;1-13-7-5(10)3-2-4(9)6(7)8(11)12/h7,9H,5-6H2,1-4H3;3-4,10,17H,1-2H3;2-3H,1H3,(H,11,12). The van der Waals surface area contributed by atoms with Crippen LogP contribution in [0.4, 0.5) is 20.2 Å². The predicted molar refractivity (Wildman–Crippen MR) is 206 cm³/mol. The number of sulfonamides is 1. The lowest BCUT2D eigenvalue weighted by Gasteiger charge is -2.29. The van der Waals surface area contributed by atoms with Gasteiger partial charge in [-0.3, -0.25) is 9.52 Å². The quantitative estimate of drug-likeness (QED) is 0.142. The van der Waals surface area contributed by atoms with Crippen molar-refractivity contribution in [2.45, 2.75) is 40.3 Å². The molecule has 2 aromatic carbocycles. The molecule has 22 heteroatoms. The van der Waals surface area contributed by atoms with Crippen molar-refractivity contribution >= 4 is 103 Å². The van der Waals surface area contributed by atoms with Gasteiger partial charge in [-0.25, -0.2) is 22.6 Å². The number of aryl methyl sites for hydroxylation is 3. The maximum absolute atomic E-state index is 12.8. The van der Waals surface area contributed by atoms with Gasteiger partial charge in [0.25, 0.3) is 0 Å². The average Bonchev–Trinajstić information content (AvgIpc) is 3.55. The minimum Gasteiger partial charge on any atom is -0.494 e. The molecule has 13 nitrogen and oxygen atoms in total. The molecule has 0 saturated heterocycles. The maximum Gasteiger partial charge on any atom is 0.355 e. The monoisotopic (exact) mass is 881 g/mol. The number of carbonyl (C=O) groups is 2. The number of carboxylic acid groups (broad SMARTS) is 1. The number of thiophene rings is 1. The van der Waals surface area contributed by atoms with Gasteiger partial charge in [0.05, 0.1) is 63.2 Å². The number of amides is 1. The summed E-state index contributed by atoms with van der Waals surface area (Å²) in [6, 6.07) is 5.19. The second-order valence-electron chi connectivity index (χ2n) is 10.8. The van der Waals surface area contributed by atoms with E-state index in [2.05, 4.69) is 15.2 Å². The Balaban J connectivity index is 0.000000287. The fourth-order valence-electron chi connectivity index (χ4n) is 4.66. The molecule has 0 fully saturated rings. The first kappa shape index (κ1) is 46.0. The summed E-state index contributed by atoms with van der Waals surface area (Å²) in [7, 11) is -0.679. The van der Waals surface area contributed by atoms with Crippen molar-refractivity contribution in [2.75, 3.05) is 42.6 Å². The third kappa shape index (κ3) is 11.9. The number of alkyl halides is 3. The van der Waals surface area contributed by atoms with Crippen LogP contribution in [0.15, 0.2) is 34.4 Å². The summed E-state index contributed by atoms with van der Waals surface area (Å²) < 4.78 is 61.2. The predicted octanol–water partition coefficient (Wildman–Crippen LogP) is 8.09. The SMILES string of the molecule is COCC(C)N(C(=O)CCl)c1c(C)csc1C.COc1c(Cl)ccc(Cl)c1C(=O)O.Cc1nn(-c2cc(NS(C)(=O)=O)c(Cl)cc2Cl)c(=O)n1C(F)F. The highest BCUT2D eigenvalue weighted by atomic mass is 35.5. The summed E-state index contributed by atoms with van der Waals surface area (Å²) in [6.07, 6.45) is 0.902. The van der Waals surface area contributed by atoms with Crippen LogP contribution in [0.3, 0.4) is 0 Å². The van der Waals surface area contributed by atoms with Crippen molar-refractivity contribution in [3.63, 3.8) is 0 Å². The van der Waals surface area contributed by atoms with E-state index < -0.39 is 28.2 Å². The van der Waals surface area contributed by atoms with E-state index in [9.17, 15) is 31.6 Å².